The van der Waals surface area contributed by atoms with E-state index in [-0.39, 0.29) is 23.6 Å². The van der Waals surface area contributed by atoms with Crippen molar-refractivity contribution >= 4 is 20.3 Å². The third-order valence-corrected chi connectivity index (χ3v) is 11.7. The van der Waals surface area contributed by atoms with Gasteiger partial charge in [-0.05, 0) is 58.7 Å². The topological polar surface area (TPSA) is 98.0 Å². The van der Waals surface area contributed by atoms with Crippen LogP contribution in [0.5, 0.6) is 0 Å². The highest BCUT2D eigenvalue weighted by atomic mass is 28.4. The van der Waals surface area contributed by atoms with Crippen LogP contribution < -0.4 is 0 Å². The van der Waals surface area contributed by atoms with Gasteiger partial charge in [0.2, 0.25) is 12.3 Å². The monoisotopic (exact) mass is 466 g/mol. The van der Waals surface area contributed by atoms with Gasteiger partial charge in [0.15, 0.2) is 8.32 Å². The maximum atomic E-state index is 13.7. The van der Waals surface area contributed by atoms with Gasteiger partial charge in [-0.2, -0.15) is 0 Å². The van der Waals surface area contributed by atoms with Gasteiger partial charge in [-0.3, -0.25) is 9.69 Å². The van der Waals surface area contributed by atoms with E-state index in [0.29, 0.717) is 18.9 Å². The summed E-state index contributed by atoms with van der Waals surface area (Å²) in [6, 6.07) is -0.731. The molecule has 0 radical (unpaired) electrons. The average Bonchev–Trinajstić information content (AvgIpc) is 3.33. The minimum atomic E-state index is -2.07. The highest BCUT2D eigenvalue weighted by molar-refractivity contribution is 6.74. The molecular weight excluding hydrogens is 428 g/mol. The van der Waals surface area contributed by atoms with Crippen LogP contribution in [0, 0.1) is 0 Å². The Bertz CT molecular complexity index is 845. The Morgan fingerprint density at radius 3 is 2.47 bits per heavy atom. The maximum absolute atomic E-state index is 13.7. The van der Waals surface area contributed by atoms with E-state index in [0.717, 1.165) is 6.42 Å². The Hall–Kier alpha value is -1.94. The predicted molar refractivity (Wildman–Crippen MR) is 121 cm³/mol. The van der Waals surface area contributed by atoms with Crippen LogP contribution in [-0.2, 0) is 14.0 Å². The Balaban J connectivity index is 1.84. The first-order valence-electron chi connectivity index (χ1n) is 11.4. The van der Waals surface area contributed by atoms with E-state index in [9.17, 15) is 9.59 Å². The summed E-state index contributed by atoms with van der Waals surface area (Å²) in [6.07, 6.45) is 2.20. The van der Waals surface area contributed by atoms with Crippen molar-refractivity contribution < 1.29 is 23.2 Å². The lowest BCUT2D eigenvalue weighted by Gasteiger charge is -2.58. The first kappa shape index (κ1) is 24.7. The van der Waals surface area contributed by atoms with Crippen molar-refractivity contribution in [2.75, 3.05) is 13.2 Å². The SMILES string of the molecule is CC1N(C(CO[Si](C)(C)C(C)(C)C)c2nnco2)C(=O)C12CCCN2C(=O)OC(C)(C)C. The lowest BCUT2D eigenvalue weighted by Crippen LogP contribution is -2.78. The number of ether oxygens (including phenoxy) is 1. The second kappa shape index (κ2) is 8.13. The fourth-order valence-corrected chi connectivity index (χ4v) is 5.33. The van der Waals surface area contributed by atoms with Crippen LogP contribution in [0.2, 0.25) is 18.1 Å². The quantitative estimate of drug-likeness (QED) is 0.475. The van der Waals surface area contributed by atoms with E-state index >= 15 is 0 Å². The molecule has 2 saturated heterocycles. The zero-order valence-electron chi connectivity index (χ0n) is 20.9. The number of nitrogens with zero attached hydrogens (tertiary/aromatic N) is 4. The third kappa shape index (κ3) is 4.18. The van der Waals surface area contributed by atoms with Crippen molar-refractivity contribution in [1.82, 2.24) is 20.0 Å². The second-order valence-electron chi connectivity index (χ2n) is 11.4. The Morgan fingerprint density at radius 2 is 1.97 bits per heavy atom. The van der Waals surface area contributed by atoms with Gasteiger partial charge in [0, 0.05) is 6.54 Å². The van der Waals surface area contributed by atoms with Gasteiger partial charge in [-0.1, -0.05) is 20.8 Å². The molecule has 10 heteroatoms. The summed E-state index contributed by atoms with van der Waals surface area (Å²) < 4.78 is 17.5. The molecule has 1 aromatic rings. The van der Waals surface area contributed by atoms with Gasteiger partial charge in [-0.25, -0.2) is 4.79 Å². The molecule has 2 amide bonds. The van der Waals surface area contributed by atoms with Crippen molar-refractivity contribution in [3.8, 4) is 0 Å². The number of hydrogen-bond donors (Lipinski definition) is 0. The lowest BCUT2D eigenvalue weighted by molar-refractivity contribution is -0.179. The molecule has 2 fully saturated rings. The molecule has 32 heavy (non-hydrogen) atoms. The summed E-state index contributed by atoms with van der Waals surface area (Å²) in [4.78, 5) is 29.9. The molecule has 0 aliphatic carbocycles. The van der Waals surface area contributed by atoms with E-state index in [1.807, 2.05) is 27.7 Å². The van der Waals surface area contributed by atoms with E-state index in [1.54, 1.807) is 9.80 Å². The van der Waals surface area contributed by atoms with Gasteiger partial charge in [0.1, 0.15) is 17.2 Å². The van der Waals surface area contributed by atoms with Crippen molar-refractivity contribution in [2.45, 2.75) is 103 Å². The summed E-state index contributed by atoms with van der Waals surface area (Å²) in [5.74, 6) is 0.232. The molecule has 0 aromatic carbocycles. The molecule has 9 nitrogen and oxygen atoms in total. The standard InChI is InChI=1S/C22H38N4O5Si/c1-15-22(11-10-12-25(22)19(28)31-20(2,3)4)18(27)26(15)16(17-24-23-14-29-17)13-30-32(8,9)21(5,6)7/h14-16H,10-13H2,1-9H3. The van der Waals surface area contributed by atoms with E-state index in [2.05, 4.69) is 44.1 Å². The zero-order chi connectivity index (χ0) is 24.1. The highest BCUT2D eigenvalue weighted by Crippen LogP contribution is 2.48. The number of carbonyl (C=O) groups excluding carboxylic acids is 2. The minimum absolute atomic E-state index is 0.0250. The average molecular weight is 467 g/mol. The van der Waals surface area contributed by atoms with Crippen molar-refractivity contribution in [2.24, 2.45) is 0 Å². The van der Waals surface area contributed by atoms with Gasteiger partial charge in [0.25, 0.3) is 5.91 Å². The van der Waals surface area contributed by atoms with Gasteiger partial charge >= 0.3 is 6.09 Å². The summed E-state index contributed by atoms with van der Waals surface area (Å²) >= 11 is 0. The first-order valence-corrected chi connectivity index (χ1v) is 14.3. The van der Waals surface area contributed by atoms with E-state index in [4.69, 9.17) is 13.6 Å². The predicted octanol–water partition coefficient (Wildman–Crippen LogP) is 4.13. The van der Waals surface area contributed by atoms with Crippen LogP contribution in [0.25, 0.3) is 0 Å². The number of rotatable bonds is 5. The molecule has 3 unspecified atom stereocenters. The highest BCUT2D eigenvalue weighted by Gasteiger charge is 2.67. The lowest BCUT2D eigenvalue weighted by atomic mass is 9.76. The molecule has 3 rings (SSSR count). The van der Waals surface area contributed by atoms with Crippen LogP contribution in [0.4, 0.5) is 4.79 Å². The van der Waals surface area contributed by atoms with E-state index < -0.39 is 31.6 Å². The van der Waals surface area contributed by atoms with Crippen LogP contribution >= 0.6 is 0 Å². The van der Waals surface area contributed by atoms with E-state index in [1.165, 1.54) is 6.39 Å². The van der Waals surface area contributed by atoms with Crippen LogP contribution in [0.15, 0.2) is 10.8 Å². The number of amides is 2. The first-order chi connectivity index (χ1) is 14.6. The number of β-lactam (4-membered cyclic amide) rings is 1. The normalized spacial score (nSPS) is 25.3. The van der Waals surface area contributed by atoms with Gasteiger partial charge in [0.05, 0.1) is 12.6 Å². The maximum Gasteiger partial charge on any atom is 0.411 e. The summed E-state index contributed by atoms with van der Waals surface area (Å²) in [5, 5.41) is 7.93. The zero-order valence-corrected chi connectivity index (χ0v) is 21.9. The molecular formula is C22H38N4O5Si. The smallest absolute Gasteiger partial charge is 0.411 e. The summed E-state index contributed by atoms with van der Waals surface area (Å²) in [7, 11) is -2.07. The fraction of sp³-hybridized carbons (Fsp3) is 0.818. The summed E-state index contributed by atoms with van der Waals surface area (Å²) in [5.41, 5.74) is -1.52. The molecule has 0 saturated carbocycles. The molecule has 3 heterocycles. The molecule has 1 aromatic heterocycles. The van der Waals surface area contributed by atoms with Gasteiger partial charge in [-0.15, -0.1) is 10.2 Å². The van der Waals surface area contributed by atoms with Crippen LogP contribution in [-0.4, -0.2) is 70.6 Å². The number of hydrogen-bond acceptors (Lipinski definition) is 7. The molecule has 2 aliphatic rings. The third-order valence-electron chi connectivity index (χ3n) is 7.15. The van der Waals surface area contributed by atoms with Gasteiger partial charge < -0.3 is 18.5 Å². The Labute approximate surface area is 191 Å². The molecule has 1 spiro atoms. The largest absolute Gasteiger partial charge is 0.444 e. The Morgan fingerprint density at radius 1 is 1.31 bits per heavy atom. The van der Waals surface area contributed by atoms with Crippen molar-refractivity contribution in [3.63, 3.8) is 0 Å². The number of carbonyl (C=O) groups is 2. The number of aromatic nitrogens is 2. The summed E-state index contributed by atoms with van der Waals surface area (Å²) in [6.45, 7) is 19.1. The van der Waals surface area contributed by atoms with Crippen LogP contribution in [0.3, 0.4) is 0 Å². The fourth-order valence-electron chi connectivity index (χ4n) is 4.32. The molecule has 0 N–H and O–H groups in total. The minimum Gasteiger partial charge on any atom is -0.444 e. The molecule has 3 atom stereocenters. The van der Waals surface area contributed by atoms with Crippen LogP contribution in [0.1, 0.15) is 73.2 Å². The molecule has 2 aliphatic heterocycles. The van der Waals surface area contributed by atoms with Crippen molar-refractivity contribution in [1.29, 1.82) is 0 Å². The Kier molecular flexibility index (Phi) is 6.27. The molecule has 180 valence electrons. The van der Waals surface area contributed by atoms with Crippen molar-refractivity contribution in [3.05, 3.63) is 12.3 Å². The number of likely N-dealkylation sites (tertiary alicyclic amines) is 2. The molecule has 0 bridgehead atoms. The second-order valence-corrected chi connectivity index (χ2v) is 16.2.